The van der Waals surface area contributed by atoms with Gasteiger partial charge in [0.15, 0.2) is 0 Å². The lowest BCUT2D eigenvalue weighted by Crippen LogP contribution is -2.56. The van der Waals surface area contributed by atoms with Gasteiger partial charge in [-0.2, -0.15) is 0 Å². The molecule has 0 radical (unpaired) electrons. The molecule has 0 aromatic heterocycles. The van der Waals surface area contributed by atoms with Crippen LogP contribution in [0.15, 0.2) is 30.3 Å². The SMILES string of the molecule is CCOC(=O)C1CCCN(C(=O)C(C)N2CCN(C(=O)c3ccccc3)CC2)C1. The molecule has 2 amide bonds. The van der Waals surface area contributed by atoms with E-state index < -0.39 is 0 Å². The minimum Gasteiger partial charge on any atom is -0.466 e. The van der Waals surface area contributed by atoms with Gasteiger partial charge in [-0.3, -0.25) is 19.3 Å². The van der Waals surface area contributed by atoms with E-state index in [1.807, 2.05) is 42.2 Å². The zero-order valence-corrected chi connectivity index (χ0v) is 17.4. The lowest BCUT2D eigenvalue weighted by molar-refractivity contribution is -0.152. The van der Waals surface area contributed by atoms with Gasteiger partial charge in [-0.25, -0.2) is 0 Å². The van der Waals surface area contributed by atoms with E-state index >= 15 is 0 Å². The highest BCUT2D eigenvalue weighted by Crippen LogP contribution is 2.20. The summed E-state index contributed by atoms with van der Waals surface area (Å²) in [5.41, 5.74) is 0.698. The quantitative estimate of drug-likeness (QED) is 0.702. The standard InChI is InChI=1S/C22H31N3O4/c1-3-29-22(28)19-10-7-11-25(16-19)20(26)17(2)23-12-14-24(15-13-23)21(27)18-8-5-4-6-9-18/h4-6,8-9,17,19H,3,7,10-16H2,1-2H3. The first-order valence-corrected chi connectivity index (χ1v) is 10.5. The van der Waals surface area contributed by atoms with Gasteiger partial charge in [0.2, 0.25) is 5.91 Å². The van der Waals surface area contributed by atoms with Crippen molar-refractivity contribution in [1.29, 1.82) is 0 Å². The zero-order valence-electron chi connectivity index (χ0n) is 17.4. The topological polar surface area (TPSA) is 70.2 Å². The van der Waals surface area contributed by atoms with Gasteiger partial charge >= 0.3 is 5.97 Å². The Morgan fingerprint density at radius 1 is 1.03 bits per heavy atom. The highest BCUT2D eigenvalue weighted by Gasteiger charge is 2.34. The van der Waals surface area contributed by atoms with Crippen LogP contribution >= 0.6 is 0 Å². The van der Waals surface area contributed by atoms with Gasteiger partial charge in [0, 0.05) is 44.8 Å². The smallest absolute Gasteiger partial charge is 0.310 e. The van der Waals surface area contributed by atoms with E-state index in [9.17, 15) is 14.4 Å². The molecular weight excluding hydrogens is 370 g/mol. The summed E-state index contributed by atoms with van der Waals surface area (Å²) in [5.74, 6) is -0.328. The van der Waals surface area contributed by atoms with Crippen LogP contribution in [0.5, 0.6) is 0 Å². The number of nitrogens with zero attached hydrogens (tertiary/aromatic N) is 3. The number of rotatable bonds is 5. The second kappa shape index (κ2) is 9.87. The number of carbonyl (C=O) groups is 3. The average molecular weight is 402 g/mol. The molecule has 0 saturated carbocycles. The minimum absolute atomic E-state index is 0.0394. The third-order valence-electron chi connectivity index (χ3n) is 5.88. The highest BCUT2D eigenvalue weighted by molar-refractivity contribution is 5.94. The van der Waals surface area contributed by atoms with Crippen molar-refractivity contribution in [3.05, 3.63) is 35.9 Å². The normalized spacial score (nSPS) is 21.5. The van der Waals surface area contributed by atoms with E-state index in [0.717, 1.165) is 12.8 Å². The zero-order chi connectivity index (χ0) is 20.8. The molecule has 1 aromatic rings. The second-order valence-corrected chi connectivity index (χ2v) is 7.75. The number of hydrogen-bond donors (Lipinski definition) is 0. The van der Waals surface area contributed by atoms with Gasteiger partial charge in [0.05, 0.1) is 18.6 Å². The molecule has 0 spiro atoms. The van der Waals surface area contributed by atoms with Crippen LogP contribution in [-0.2, 0) is 14.3 Å². The van der Waals surface area contributed by atoms with E-state index in [0.29, 0.717) is 51.4 Å². The Hall–Kier alpha value is -2.41. The number of carbonyl (C=O) groups excluding carboxylic acids is 3. The summed E-state index contributed by atoms with van der Waals surface area (Å²) in [5, 5.41) is 0. The van der Waals surface area contributed by atoms with Gasteiger partial charge in [-0.1, -0.05) is 18.2 Å². The first-order valence-electron chi connectivity index (χ1n) is 10.5. The average Bonchev–Trinajstić information content (AvgIpc) is 2.78. The molecule has 158 valence electrons. The van der Waals surface area contributed by atoms with E-state index in [1.165, 1.54) is 0 Å². The molecule has 2 fully saturated rings. The second-order valence-electron chi connectivity index (χ2n) is 7.75. The largest absolute Gasteiger partial charge is 0.466 e. The fraction of sp³-hybridized carbons (Fsp3) is 0.591. The van der Waals surface area contributed by atoms with Crippen molar-refractivity contribution in [3.8, 4) is 0 Å². The maximum absolute atomic E-state index is 13.0. The number of piperazine rings is 1. The summed E-state index contributed by atoms with van der Waals surface area (Å²) >= 11 is 0. The number of esters is 1. The van der Waals surface area contributed by atoms with Crippen molar-refractivity contribution in [3.63, 3.8) is 0 Å². The first-order chi connectivity index (χ1) is 14.0. The molecule has 2 aliphatic heterocycles. The van der Waals surface area contributed by atoms with Crippen LogP contribution in [0.4, 0.5) is 0 Å². The fourth-order valence-electron chi connectivity index (χ4n) is 4.13. The fourth-order valence-corrected chi connectivity index (χ4v) is 4.13. The predicted molar refractivity (Wildman–Crippen MR) is 109 cm³/mol. The maximum atomic E-state index is 13.0. The molecule has 7 nitrogen and oxygen atoms in total. The van der Waals surface area contributed by atoms with Crippen LogP contribution < -0.4 is 0 Å². The molecule has 29 heavy (non-hydrogen) atoms. The van der Waals surface area contributed by atoms with Crippen LogP contribution in [0.3, 0.4) is 0 Å². The Kier molecular flexibility index (Phi) is 7.25. The van der Waals surface area contributed by atoms with Crippen molar-refractivity contribution in [2.45, 2.75) is 32.7 Å². The van der Waals surface area contributed by atoms with Crippen LogP contribution in [-0.4, -0.2) is 84.4 Å². The van der Waals surface area contributed by atoms with Crippen LogP contribution in [0, 0.1) is 5.92 Å². The van der Waals surface area contributed by atoms with E-state index in [1.54, 1.807) is 11.8 Å². The summed E-state index contributed by atoms with van der Waals surface area (Å²) < 4.78 is 5.13. The van der Waals surface area contributed by atoms with Crippen molar-refractivity contribution in [2.75, 3.05) is 45.9 Å². The van der Waals surface area contributed by atoms with Crippen molar-refractivity contribution < 1.29 is 19.1 Å². The lowest BCUT2D eigenvalue weighted by Gasteiger charge is -2.40. The Morgan fingerprint density at radius 2 is 1.72 bits per heavy atom. The molecule has 7 heteroatoms. The number of benzene rings is 1. The van der Waals surface area contributed by atoms with Gasteiger partial charge in [0.1, 0.15) is 0 Å². The molecule has 2 saturated heterocycles. The van der Waals surface area contributed by atoms with Gasteiger partial charge in [0.25, 0.3) is 5.91 Å². The summed E-state index contributed by atoms with van der Waals surface area (Å²) in [4.78, 5) is 43.4. The predicted octanol–water partition coefficient (Wildman–Crippen LogP) is 1.63. The third-order valence-corrected chi connectivity index (χ3v) is 5.88. The first kappa shape index (κ1) is 21.3. The van der Waals surface area contributed by atoms with E-state index in [2.05, 4.69) is 4.90 Å². The molecule has 0 aliphatic carbocycles. The van der Waals surface area contributed by atoms with Crippen LogP contribution in [0.25, 0.3) is 0 Å². The highest BCUT2D eigenvalue weighted by atomic mass is 16.5. The lowest BCUT2D eigenvalue weighted by atomic mass is 9.97. The number of likely N-dealkylation sites (tertiary alicyclic amines) is 1. The molecule has 2 heterocycles. The molecule has 1 aromatic carbocycles. The van der Waals surface area contributed by atoms with Crippen LogP contribution in [0.1, 0.15) is 37.0 Å². The summed E-state index contributed by atoms with van der Waals surface area (Å²) in [6.07, 6.45) is 1.60. The molecular formula is C22H31N3O4. The Bertz CT molecular complexity index is 716. The van der Waals surface area contributed by atoms with Crippen molar-refractivity contribution >= 4 is 17.8 Å². The maximum Gasteiger partial charge on any atom is 0.310 e. The van der Waals surface area contributed by atoms with E-state index in [4.69, 9.17) is 4.74 Å². The van der Waals surface area contributed by atoms with Gasteiger partial charge in [-0.05, 0) is 38.8 Å². The van der Waals surface area contributed by atoms with E-state index in [-0.39, 0.29) is 29.7 Å². The Balaban J connectivity index is 1.52. The summed E-state index contributed by atoms with van der Waals surface area (Å²) in [6.45, 7) is 7.76. The Morgan fingerprint density at radius 3 is 2.38 bits per heavy atom. The molecule has 2 aliphatic rings. The Labute approximate surface area is 172 Å². The van der Waals surface area contributed by atoms with Gasteiger partial charge in [-0.15, -0.1) is 0 Å². The minimum atomic E-state index is -0.259. The monoisotopic (exact) mass is 401 g/mol. The molecule has 2 unspecified atom stereocenters. The third kappa shape index (κ3) is 5.15. The summed E-state index contributed by atoms with van der Waals surface area (Å²) in [7, 11) is 0. The number of hydrogen-bond acceptors (Lipinski definition) is 5. The molecule has 0 bridgehead atoms. The molecule has 2 atom stereocenters. The molecule has 0 N–H and O–H groups in total. The number of ether oxygens (including phenoxy) is 1. The number of amides is 2. The molecule has 3 rings (SSSR count). The van der Waals surface area contributed by atoms with Gasteiger partial charge < -0.3 is 14.5 Å². The van der Waals surface area contributed by atoms with Crippen molar-refractivity contribution in [2.24, 2.45) is 5.92 Å². The number of piperidine rings is 1. The van der Waals surface area contributed by atoms with Crippen molar-refractivity contribution in [1.82, 2.24) is 14.7 Å². The van der Waals surface area contributed by atoms with Crippen LogP contribution in [0.2, 0.25) is 0 Å². The summed E-state index contributed by atoms with van der Waals surface area (Å²) in [6, 6.07) is 9.03.